The first-order valence-corrected chi connectivity index (χ1v) is 64.2. The highest BCUT2D eigenvalue weighted by atomic mass is 28.3. The Bertz CT molecular complexity index is 2070. The molecule has 1 fully saturated rings. The number of rotatable bonds is 53. The van der Waals surface area contributed by atoms with E-state index in [9.17, 15) is 0 Å². The molecule has 0 atom stereocenters. The molecule has 0 aromatic rings. The second kappa shape index (κ2) is 93.3. The molecule has 1 rings (SSSR count). The molecule has 0 radical (unpaired) electrons. The molecule has 0 aromatic heterocycles. The van der Waals surface area contributed by atoms with Gasteiger partial charge in [0.25, 0.3) is 0 Å². The molecular formula is C132H288Si. The molecule has 0 spiro atoms. The zero-order valence-corrected chi connectivity index (χ0v) is 109. The molecule has 1 saturated carbocycles. The molecular weight excluding hydrogens is 1610 g/mol. The van der Waals surface area contributed by atoms with E-state index in [-0.39, 0.29) is 0 Å². The lowest BCUT2D eigenvalue weighted by Gasteiger charge is -2.28. The standard InChI is InChI=1S/C14H30.2C13H28.C12H28Si.2C12H26.C11H24.C10H20.C10H22.C9H20.2C8H18/c1-11(2)9-7-8-10-14(12(3)4)13(5)6;1-10(2)12(11(3)4)8-9-13(5,6)7;1-10(2)8-7-9-13(11(3)4)12(5)6;1-10(2)12(11(3)4)8-9-13(5,6)7;1-9(2)7-8-12(10(3)4)11(5)6;1-6-7-8-9-12(10(2)3)11(4)5;1-6-7-8-11(9(2)3)10(4)5;1-7(2)10(8(3)4)9-5-6-9;1-6-7-10(8(2)3)9(4)5;1-6-9(7(2)3)8(4)5;1-7(2)5-6-8(3)4;1-6(2)8(5)7(3)4/h11-14H,7-10H2,1-6H3;10-12H,8-9H2,1-7H3;10-13H,7-9H2,1-6H3;10-12H,8-9H2,1-7H3;9-12H,7-8H2,1-6H3;10-12H,6-9H2,1-5H3;9-11H,6-8H2,1-5H3;7-10H,5-6H2,1-4H3;8-10H,6-7H2,1-5H3;7-9H,6H2,1-5H3;7-8H,5-6H2,1-4H3;6-8H,1-5H3. The fraction of sp³-hybridized carbons (Fsp3) is 1.00. The summed E-state index contributed by atoms with van der Waals surface area (Å²) in [6.45, 7) is 152. The van der Waals surface area contributed by atoms with Crippen LogP contribution in [0.4, 0.5) is 0 Å². The summed E-state index contributed by atoms with van der Waals surface area (Å²) in [5, 5.41) is 0. The van der Waals surface area contributed by atoms with Crippen LogP contribution in [0.15, 0.2) is 0 Å². The molecule has 0 aliphatic heterocycles. The van der Waals surface area contributed by atoms with Crippen molar-refractivity contribution in [3.05, 3.63) is 0 Å². The van der Waals surface area contributed by atoms with Crippen LogP contribution in [0.1, 0.15) is 596 Å². The van der Waals surface area contributed by atoms with Crippen LogP contribution in [0.25, 0.3) is 0 Å². The fourth-order valence-corrected chi connectivity index (χ4v) is 23.0. The third-order valence-electron chi connectivity index (χ3n) is 31.1. The molecule has 0 unspecified atom stereocenters. The van der Waals surface area contributed by atoms with Crippen LogP contribution in [-0.4, -0.2) is 8.07 Å². The Labute approximate surface area is 860 Å². The molecule has 1 aliphatic carbocycles. The number of hydrogen-bond acceptors (Lipinski definition) is 0. The largest absolute Gasteiger partial charge is 0.0695 e. The van der Waals surface area contributed by atoms with Crippen molar-refractivity contribution in [1.29, 1.82) is 0 Å². The molecule has 0 amide bonds. The van der Waals surface area contributed by atoms with Crippen molar-refractivity contribution in [2.24, 2.45) is 236 Å². The van der Waals surface area contributed by atoms with Crippen LogP contribution < -0.4 is 0 Å². The zero-order chi connectivity index (χ0) is 108. The first-order valence-electron chi connectivity index (χ1n) is 60.5. The minimum atomic E-state index is -0.812. The van der Waals surface area contributed by atoms with Gasteiger partial charge in [-0.15, -0.1) is 0 Å². The summed E-state index contributed by atoms with van der Waals surface area (Å²) in [6, 6.07) is 1.49. The van der Waals surface area contributed by atoms with Crippen LogP contribution in [0, 0.1) is 236 Å². The molecule has 1 heteroatoms. The summed E-state index contributed by atoms with van der Waals surface area (Å²) >= 11 is 0. The molecule has 0 nitrogen and oxygen atoms in total. The lowest BCUT2D eigenvalue weighted by atomic mass is 9.78. The quantitative estimate of drug-likeness (QED) is 0.0421. The lowest BCUT2D eigenvalue weighted by Crippen LogP contribution is -2.24. The maximum absolute atomic E-state index is 2.48. The van der Waals surface area contributed by atoms with Crippen molar-refractivity contribution in [2.45, 2.75) is 622 Å². The van der Waals surface area contributed by atoms with Crippen molar-refractivity contribution < 1.29 is 0 Å². The van der Waals surface area contributed by atoms with E-state index >= 15 is 0 Å². The summed E-state index contributed by atoms with van der Waals surface area (Å²) in [5.41, 5.74) is 0.502. The summed E-state index contributed by atoms with van der Waals surface area (Å²) in [6.07, 6.45) is 36.6. The van der Waals surface area contributed by atoms with Gasteiger partial charge in [-0.25, -0.2) is 0 Å². The summed E-state index contributed by atoms with van der Waals surface area (Å²) in [7, 11) is -0.812. The van der Waals surface area contributed by atoms with E-state index in [2.05, 4.69) is 449 Å². The third-order valence-corrected chi connectivity index (χ3v) is 32.9. The van der Waals surface area contributed by atoms with Gasteiger partial charge >= 0.3 is 0 Å². The van der Waals surface area contributed by atoms with Gasteiger partial charge in [-0.3, -0.25) is 0 Å². The monoisotopic (exact) mass is 1900 g/mol. The topological polar surface area (TPSA) is 0 Å². The predicted octanol–water partition coefficient (Wildman–Crippen LogP) is 48.6. The van der Waals surface area contributed by atoms with E-state index in [1.807, 2.05) is 0 Å². The Morgan fingerprint density at radius 2 is 0.406 bits per heavy atom. The zero-order valence-electron chi connectivity index (χ0n) is 108. The van der Waals surface area contributed by atoms with E-state index in [1.165, 1.54) is 173 Å². The van der Waals surface area contributed by atoms with Gasteiger partial charge in [-0.2, -0.15) is 0 Å². The Balaban J connectivity index is -0.000000136. The van der Waals surface area contributed by atoms with E-state index < -0.39 is 8.07 Å². The smallest absolute Gasteiger partial charge is 0.0442 e. The molecule has 820 valence electrons. The highest BCUT2D eigenvalue weighted by Crippen LogP contribution is 2.44. The minimum absolute atomic E-state index is 0.502. The minimum Gasteiger partial charge on any atom is -0.0695 e. The van der Waals surface area contributed by atoms with Gasteiger partial charge in [0.1, 0.15) is 0 Å². The van der Waals surface area contributed by atoms with Crippen LogP contribution in [0.3, 0.4) is 0 Å². The first-order chi connectivity index (χ1) is 60.5. The molecule has 0 N–H and O–H groups in total. The van der Waals surface area contributed by atoms with Crippen LogP contribution in [0.5, 0.6) is 0 Å². The second-order valence-corrected chi connectivity index (χ2v) is 62.1. The Kier molecular flexibility index (Phi) is 109. The van der Waals surface area contributed by atoms with Crippen LogP contribution in [0.2, 0.25) is 25.7 Å². The summed E-state index contributed by atoms with van der Waals surface area (Å²) in [5.74, 6) is 34.6. The SMILES string of the molecule is CC(C)C(C(C)C)C1CC1.CC(C)C(C)C(C)C.CC(C)C(CCC(C)(C)C)C(C)C.CC(C)C(CC[Si](C)(C)C)C(C)C.CC(C)CCC(C(C)C)C(C)C.CC(C)CCC(C)C.CC(C)CCCC(C(C)C)C(C)C.CC(C)CCCCC(C(C)C)C(C)C.CCC(C(C)C)C(C)C.CCCC(C(C)C)C(C)C.CCCCC(C(C)C)C(C)C.CCCCCC(C(C)C)C(C)C. The fourth-order valence-electron chi connectivity index (χ4n) is 21.8. The van der Waals surface area contributed by atoms with Gasteiger partial charge in [0.2, 0.25) is 0 Å². The maximum atomic E-state index is 2.48. The van der Waals surface area contributed by atoms with E-state index in [0.717, 1.165) is 231 Å². The molecule has 1 aliphatic rings. The van der Waals surface area contributed by atoms with Crippen LogP contribution in [-0.2, 0) is 0 Å². The molecule has 0 saturated heterocycles. The summed E-state index contributed by atoms with van der Waals surface area (Å²) in [4.78, 5) is 0. The van der Waals surface area contributed by atoms with Crippen molar-refractivity contribution in [1.82, 2.24) is 0 Å². The normalized spacial score (nSPS) is 12.9. The van der Waals surface area contributed by atoms with Gasteiger partial charge in [0.05, 0.1) is 0 Å². The van der Waals surface area contributed by atoms with Gasteiger partial charge in [0.15, 0.2) is 0 Å². The highest BCUT2D eigenvalue weighted by Gasteiger charge is 2.35. The third kappa shape index (κ3) is 108. The van der Waals surface area contributed by atoms with Gasteiger partial charge in [0, 0.05) is 8.07 Å². The first kappa shape index (κ1) is 156. The Morgan fingerprint density at radius 1 is 0.195 bits per heavy atom. The van der Waals surface area contributed by atoms with Gasteiger partial charge < -0.3 is 0 Å². The highest BCUT2D eigenvalue weighted by molar-refractivity contribution is 6.76. The second-order valence-electron chi connectivity index (χ2n) is 56.5. The lowest BCUT2D eigenvalue weighted by molar-refractivity contribution is 0.226. The molecule has 0 bridgehead atoms. The number of unbranched alkanes of at least 4 members (excludes halogenated alkanes) is 4. The average molecular weight is 1900 g/mol. The van der Waals surface area contributed by atoms with Crippen molar-refractivity contribution in [3.8, 4) is 0 Å². The Hall–Kier alpha value is 0.217. The molecule has 0 heterocycles. The molecule has 0 aromatic carbocycles. The molecule has 133 heavy (non-hydrogen) atoms. The average Bonchev–Trinajstić information content (AvgIpc) is 1.71. The summed E-state index contributed by atoms with van der Waals surface area (Å²) < 4.78 is 0. The van der Waals surface area contributed by atoms with E-state index in [1.54, 1.807) is 0 Å². The van der Waals surface area contributed by atoms with Crippen molar-refractivity contribution >= 4 is 8.07 Å². The van der Waals surface area contributed by atoms with Gasteiger partial charge in [-0.1, -0.05) is 564 Å². The van der Waals surface area contributed by atoms with Crippen LogP contribution >= 0.6 is 0 Å². The van der Waals surface area contributed by atoms with Crippen molar-refractivity contribution in [2.75, 3.05) is 0 Å². The number of hydrogen-bond donors (Lipinski definition) is 0. The van der Waals surface area contributed by atoms with Crippen molar-refractivity contribution in [3.63, 3.8) is 0 Å². The van der Waals surface area contributed by atoms with Gasteiger partial charge in [-0.05, 0) is 294 Å². The maximum Gasteiger partial charge on any atom is 0.0442 e. The predicted molar refractivity (Wildman–Crippen MR) is 639 cm³/mol. The van der Waals surface area contributed by atoms with E-state index in [0.29, 0.717) is 5.41 Å². The Morgan fingerprint density at radius 3 is 0.586 bits per heavy atom. The van der Waals surface area contributed by atoms with E-state index in [4.69, 9.17) is 0 Å².